The van der Waals surface area contributed by atoms with Gasteiger partial charge in [-0.3, -0.25) is 9.69 Å². The van der Waals surface area contributed by atoms with Crippen LogP contribution in [0.2, 0.25) is 0 Å². The van der Waals surface area contributed by atoms with Crippen molar-refractivity contribution in [3.8, 4) is 5.75 Å². The van der Waals surface area contributed by atoms with Gasteiger partial charge in [0.15, 0.2) is 5.78 Å². The number of nitrogens with zero attached hydrogens (tertiary/aromatic N) is 1. The smallest absolute Gasteiger partial charge is 0.182 e. The largest absolute Gasteiger partial charge is 0.494 e. The molecule has 0 atom stereocenters. The molecule has 0 amide bonds. The zero-order valence-corrected chi connectivity index (χ0v) is 12.8. The quantitative estimate of drug-likeness (QED) is 0.770. The first-order valence-electron chi connectivity index (χ1n) is 7.58. The first kappa shape index (κ1) is 15.0. The van der Waals surface area contributed by atoms with E-state index in [1.807, 2.05) is 45.0 Å². The van der Waals surface area contributed by atoms with E-state index >= 15 is 0 Å². The number of Topliss-reactive ketones (excluding diaryl/α,β-unsaturated/α-hetero) is 1. The Bertz CT molecular complexity index is 445. The third-order valence-electron chi connectivity index (χ3n) is 4.13. The van der Waals surface area contributed by atoms with Crippen molar-refractivity contribution in [2.45, 2.75) is 45.6 Å². The van der Waals surface area contributed by atoms with Gasteiger partial charge in [-0.1, -0.05) is 6.42 Å². The Morgan fingerprint density at radius 2 is 1.75 bits per heavy atom. The van der Waals surface area contributed by atoms with Crippen LogP contribution < -0.4 is 4.74 Å². The summed E-state index contributed by atoms with van der Waals surface area (Å²) in [5.74, 6) is 1.02. The SMILES string of the molecule is CCOc1ccc(C(=O)C(C)(C)N2CCCCC2)cc1. The minimum atomic E-state index is -0.423. The summed E-state index contributed by atoms with van der Waals surface area (Å²) in [6, 6.07) is 7.50. The van der Waals surface area contributed by atoms with Gasteiger partial charge in [-0.25, -0.2) is 0 Å². The van der Waals surface area contributed by atoms with E-state index in [9.17, 15) is 4.79 Å². The molecule has 0 unspecified atom stereocenters. The monoisotopic (exact) mass is 275 g/mol. The van der Waals surface area contributed by atoms with Crippen LogP contribution in [0.5, 0.6) is 5.75 Å². The molecule has 1 saturated heterocycles. The summed E-state index contributed by atoms with van der Waals surface area (Å²) in [5, 5.41) is 0. The summed E-state index contributed by atoms with van der Waals surface area (Å²) in [5.41, 5.74) is 0.345. The normalized spacial score (nSPS) is 16.9. The van der Waals surface area contributed by atoms with Crippen LogP contribution in [0.1, 0.15) is 50.4 Å². The van der Waals surface area contributed by atoms with E-state index in [4.69, 9.17) is 4.74 Å². The van der Waals surface area contributed by atoms with Crippen molar-refractivity contribution >= 4 is 5.78 Å². The van der Waals surface area contributed by atoms with E-state index in [2.05, 4.69) is 4.90 Å². The molecule has 1 fully saturated rings. The summed E-state index contributed by atoms with van der Waals surface area (Å²) in [6.07, 6.45) is 3.67. The van der Waals surface area contributed by atoms with E-state index in [1.165, 1.54) is 19.3 Å². The lowest BCUT2D eigenvalue weighted by Crippen LogP contribution is -2.52. The Morgan fingerprint density at radius 1 is 1.15 bits per heavy atom. The number of hydrogen-bond donors (Lipinski definition) is 0. The van der Waals surface area contributed by atoms with Crippen LogP contribution in [0.15, 0.2) is 24.3 Å². The number of carbonyl (C=O) groups excluding carboxylic acids is 1. The second-order valence-corrected chi connectivity index (χ2v) is 5.89. The number of ketones is 1. The van der Waals surface area contributed by atoms with E-state index in [0.29, 0.717) is 6.61 Å². The van der Waals surface area contributed by atoms with Crippen LogP contribution in [0.25, 0.3) is 0 Å². The van der Waals surface area contributed by atoms with Crippen molar-refractivity contribution in [3.05, 3.63) is 29.8 Å². The minimum Gasteiger partial charge on any atom is -0.494 e. The molecule has 0 saturated carbocycles. The van der Waals surface area contributed by atoms with E-state index in [0.717, 1.165) is 24.4 Å². The molecule has 0 bridgehead atoms. The fourth-order valence-electron chi connectivity index (χ4n) is 2.82. The highest BCUT2D eigenvalue weighted by Gasteiger charge is 2.35. The summed E-state index contributed by atoms with van der Waals surface area (Å²) in [4.78, 5) is 15.1. The number of carbonyl (C=O) groups is 1. The molecule has 1 heterocycles. The van der Waals surface area contributed by atoms with Crippen molar-refractivity contribution < 1.29 is 9.53 Å². The average molecular weight is 275 g/mol. The Hall–Kier alpha value is -1.35. The van der Waals surface area contributed by atoms with Gasteiger partial charge >= 0.3 is 0 Å². The molecular formula is C17H25NO2. The number of benzene rings is 1. The van der Waals surface area contributed by atoms with Gasteiger partial charge < -0.3 is 4.74 Å². The number of likely N-dealkylation sites (tertiary alicyclic amines) is 1. The number of ether oxygens (including phenoxy) is 1. The highest BCUT2D eigenvalue weighted by Crippen LogP contribution is 2.25. The van der Waals surface area contributed by atoms with Crippen LogP contribution in [-0.2, 0) is 0 Å². The molecule has 2 rings (SSSR count). The Balaban J connectivity index is 2.12. The first-order chi connectivity index (χ1) is 9.55. The topological polar surface area (TPSA) is 29.5 Å². The van der Waals surface area contributed by atoms with Crippen molar-refractivity contribution in [2.75, 3.05) is 19.7 Å². The maximum absolute atomic E-state index is 12.8. The molecule has 0 N–H and O–H groups in total. The van der Waals surface area contributed by atoms with Gasteiger partial charge in [0.1, 0.15) is 5.75 Å². The minimum absolute atomic E-state index is 0.197. The third-order valence-corrected chi connectivity index (χ3v) is 4.13. The molecule has 0 spiro atoms. The molecule has 1 aliphatic heterocycles. The summed E-state index contributed by atoms with van der Waals surface area (Å²) in [6.45, 7) is 8.73. The Labute approximate surface area is 121 Å². The predicted octanol–water partition coefficient (Wildman–Crippen LogP) is 3.53. The molecule has 3 heteroatoms. The summed E-state index contributed by atoms with van der Waals surface area (Å²) < 4.78 is 5.42. The molecule has 20 heavy (non-hydrogen) atoms. The van der Waals surface area contributed by atoms with Gasteiger partial charge in [0.05, 0.1) is 12.1 Å². The van der Waals surface area contributed by atoms with E-state index in [1.54, 1.807) is 0 Å². The van der Waals surface area contributed by atoms with Crippen LogP contribution in [0.3, 0.4) is 0 Å². The second-order valence-electron chi connectivity index (χ2n) is 5.89. The molecule has 3 nitrogen and oxygen atoms in total. The first-order valence-corrected chi connectivity index (χ1v) is 7.58. The van der Waals surface area contributed by atoms with Gasteiger partial charge in [-0.2, -0.15) is 0 Å². The van der Waals surface area contributed by atoms with Gasteiger partial charge in [0, 0.05) is 5.56 Å². The molecule has 0 aromatic heterocycles. The van der Waals surface area contributed by atoms with Crippen molar-refractivity contribution in [1.29, 1.82) is 0 Å². The standard InChI is InChI=1S/C17H25NO2/c1-4-20-15-10-8-14(9-11-15)16(19)17(2,3)18-12-6-5-7-13-18/h8-11H,4-7,12-13H2,1-3H3. The highest BCUT2D eigenvalue weighted by atomic mass is 16.5. The van der Waals surface area contributed by atoms with Gasteiger partial charge in [-0.05, 0) is 71.0 Å². The van der Waals surface area contributed by atoms with E-state index in [-0.39, 0.29) is 5.78 Å². The molecule has 0 radical (unpaired) electrons. The molecular weight excluding hydrogens is 250 g/mol. The average Bonchev–Trinajstić information content (AvgIpc) is 2.48. The molecule has 1 aliphatic rings. The lowest BCUT2D eigenvalue weighted by molar-refractivity contribution is 0.0579. The molecule has 1 aromatic rings. The maximum Gasteiger partial charge on any atom is 0.182 e. The lowest BCUT2D eigenvalue weighted by atomic mass is 9.89. The van der Waals surface area contributed by atoms with Gasteiger partial charge in [-0.15, -0.1) is 0 Å². The van der Waals surface area contributed by atoms with Gasteiger partial charge in [0.25, 0.3) is 0 Å². The second kappa shape index (κ2) is 6.40. The highest BCUT2D eigenvalue weighted by molar-refractivity contribution is 6.02. The van der Waals surface area contributed by atoms with Crippen LogP contribution in [0.4, 0.5) is 0 Å². The summed E-state index contributed by atoms with van der Waals surface area (Å²) in [7, 11) is 0. The number of hydrogen-bond acceptors (Lipinski definition) is 3. The van der Waals surface area contributed by atoms with Gasteiger partial charge in [0.2, 0.25) is 0 Å². The molecule has 110 valence electrons. The zero-order chi connectivity index (χ0) is 14.6. The fourth-order valence-corrected chi connectivity index (χ4v) is 2.82. The fraction of sp³-hybridized carbons (Fsp3) is 0.588. The molecule has 1 aromatic carbocycles. The lowest BCUT2D eigenvalue weighted by Gasteiger charge is -2.39. The molecule has 0 aliphatic carbocycles. The summed E-state index contributed by atoms with van der Waals surface area (Å²) >= 11 is 0. The van der Waals surface area contributed by atoms with E-state index < -0.39 is 5.54 Å². The number of piperidine rings is 1. The Morgan fingerprint density at radius 3 is 2.30 bits per heavy atom. The maximum atomic E-state index is 12.8. The predicted molar refractivity (Wildman–Crippen MR) is 81.4 cm³/mol. The van der Waals surface area contributed by atoms with Crippen molar-refractivity contribution in [3.63, 3.8) is 0 Å². The van der Waals surface area contributed by atoms with Crippen molar-refractivity contribution in [2.24, 2.45) is 0 Å². The van der Waals surface area contributed by atoms with Crippen LogP contribution >= 0.6 is 0 Å². The van der Waals surface area contributed by atoms with Crippen molar-refractivity contribution in [1.82, 2.24) is 4.90 Å². The van der Waals surface area contributed by atoms with Crippen LogP contribution in [-0.4, -0.2) is 35.9 Å². The zero-order valence-electron chi connectivity index (χ0n) is 12.8. The Kier molecular flexibility index (Phi) is 4.81. The number of rotatable bonds is 5. The van der Waals surface area contributed by atoms with Crippen LogP contribution in [0, 0.1) is 0 Å². The third kappa shape index (κ3) is 3.21.